The minimum atomic E-state index is 0.0858. The van der Waals surface area contributed by atoms with Gasteiger partial charge in [-0.1, -0.05) is 0 Å². The summed E-state index contributed by atoms with van der Waals surface area (Å²) in [6, 6.07) is 2.13. The van der Waals surface area contributed by atoms with Gasteiger partial charge in [0.15, 0.2) is 0 Å². The van der Waals surface area contributed by atoms with Gasteiger partial charge >= 0.3 is 0 Å². The van der Waals surface area contributed by atoms with Gasteiger partial charge in [0.25, 0.3) is 0 Å². The summed E-state index contributed by atoms with van der Waals surface area (Å²) in [4.78, 5) is 14.6. The molecule has 2 aromatic heterocycles. The quantitative estimate of drug-likeness (QED) is 0.859. The van der Waals surface area contributed by atoms with Crippen LogP contribution in [0.3, 0.4) is 0 Å². The van der Waals surface area contributed by atoms with E-state index < -0.39 is 0 Å². The van der Waals surface area contributed by atoms with Crippen molar-refractivity contribution in [2.24, 2.45) is 7.05 Å². The molecule has 0 saturated carbocycles. The Morgan fingerprint density at radius 2 is 2.04 bits per heavy atom. The fraction of sp³-hybridized carbons (Fsp3) is 0.647. The first kappa shape index (κ1) is 16.7. The molecule has 0 aliphatic carbocycles. The summed E-state index contributed by atoms with van der Waals surface area (Å²) in [6.45, 7) is 7.66. The first-order valence-corrected chi connectivity index (χ1v) is 8.60. The first-order chi connectivity index (χ1) is 11.5. The molecule has 2 aromatic rings. The van der Waals surface area contributed by atoms with E-state index >= 15 is 0 Å². The maximum Gasteiger partial charge on any atom is 0.224 e. The number of carbonyl (C=O) groups is 1. The zero-order valence-electron chi connectivity index (χ0n) is 14.9. The number of hydrogen-bond donors (Lipinski definition) is 0. The highest BCUT2D eigenvalue weighted by molar-refractivity contribution is 5.76. The second kappa shape index (κ2) is 6.75. The van der Waals surface area contributed by atoms with Crippen molar-refractivity contribution in [3.63, 3.8) is 0 Å². The van der Waals surface area contributed by atoms with E-state index in [4.69, 9.17) is 0 Å². The Morgan fingerprint density at radius 3 is 2.58 bits per heavy atom. The molecule has 7 heteroatoms. The van der Waals surface area contributed by atoms with Crippen LogP contribution in [0.1, 0.15) is 55.4 Å². The Labute approximate surface area is 142 Å². The highest BCUT2D eigenvalue weighted by Gasteiger charge is 2.27. The molecule has 0 spiro atoms. The summed E-state index contributed by atoms with van der Waals surface area (Å²) in [5, 5.41) is 12.7. The average Bonchev–Trinajstić information content (AvgIpc) is 3.12. The fourth-order valence-electron chi connectivity index (χ4n) is 3.61. The lowest BCUT2D eigenvalue weighted by molar-refractivity contribution is -0.133. The molecule has 1 unspecified atom stereocenters. The zero-order chi connectivity index (χ0) is 17.3. The Hall–Kier alpha value is -2.18. The number of hydrogen-bond acceptors (Lipinski definition) is 4. The second-order valence-electron chi connectivity index (χ2n) is 6.88. The maximum absolute atomic E-state index is 12.6. The standard InChI is InChI=1S/C17H26N6O/c1-12-9-13(2)23(20-12)14(3)10-16(24)22-7-5-15(6-8-22)17-19-18-11-21(17)4/h9,11,14-15H,5-8,10H2,1-4H3. The van der Waals surface area contributed by atoms with Crippen molar-refractivity contribution >= 4 is 5.91 Å². The molecule has 1 aliphatic rings. The normalized spacial score (nSPS) is 17.2. The summed E-state index contributed by atoms with van der Waals surface area (Å²) in [6.07, 6.45) is 4.14. The lowest BCUT2D eigenvalue weighted by Crippen LogP contribution is -2.39. The molecule has 1 amide bonds. The van der Waals surface area contributed by atoms with Crippen molar-refractivity contribution in [2.75, 3.05) is 13.1 Å². The molecule has 0 N–H and O–H groups in total. The van der Waals surface area contributed by atoms with Crippen LogP contribution in [0.2, 0.25) is 0 Å². The van der Waals surface area contributed by atoms with Crippen molar-refractivity contribution in [3.05, 3.63) is 29.6 Å². The molecular weight excluding hydrogens is 304 g/mol. The molecule has 0 aromatic carbocycles. The number of carbonyl (C=O) groups excluding carboxylic acids is 1. The maximum atomic E-state index is 12.6. The summed E-state index contributed by atoms with van der Waals surface area (Å²) >= 11 is 0. The van der Waals surface area contributed by atoms with E-state index in [-0.39, 0.29) is 11.9 Å². The molecule has 7 nitrogen and oxygen atoms in total. The van der Waals surface area contributed by atoms with E-state index in [1.165, 1.54) is 0 Å². The molecule has 3 heterocycles. The predicted molar refractivity (Wildman–Crippen MR) is 90.6 cm³/mol. The molecule has 130 valence electrons. The molecule has 1 saturated heterocycles. The van der Waals surface area contributed by atoms with Crippen LogP contribution in [0.5, 0.6) is 0 Å². The zero-order valence-corrected chi connectivity index (χ0v) is 14.9. The van der Waals surface area contributed by atoms with Crippen molar-refractivity contribution in [3.8, 4) is 0 Å². The molecular formula is C17H26N6O. The second-order valence-corrected chi connectivity index (χ2v) is 6.88. The summed E-state index contributed by atoms with van der Waals surface area (Å²) < 4.78 is 3.94. The Morgan fingerprint density at radius 1 is 1.33 bits per heavy atom. The third kappa shape index (κ3) is 3.34. The molecule has 1 fully saturated rings. The number of rotatable bonds is 4. The Bertz CT molecular complexity index is 710. The molecule has 24 heavy (non-hydrogen) atoms. The van der Waals surface area contributed by atoms with E-state index in [0.29, 0.717) is 12.3 Å². The van der Waals surface area contributed by atoms with Gasteiger partial charge in [-0.25, -0.2) is 0 Å². The number of piperidine rings is 1. The van der Waals surface area contributed by atoms with Gasteiger partial charge in [-0.05, 0) is 39.7 Å². The lowest BCUT2D eigenvalue weighted by atomic mass is 9.95. The molecule has 3 rings (SSSR count). The van der Waals surface area contributed by atoms with Gasteiger partial charge < -0.3 is 9.47 Å². The number of aryl methyl sites for hydroxylation is 3. The van der Waals surface area contributed by atoms with E-state index in [1.807, 2.05) is 41.1 Å². The average molecular weight is 330 g/mol. The summed E-state index contributed by atoms with van der Waals surface area (Å²) in [7, 11) is 1.98. The van der Waals surface area contributed by atoms with E-state index in [1.54, 1.807) is 6.33 Å². The van der Waals surface area contributed by atoms with Gasteiger partial charge in [-0.3, -0.25) is 9.48 Å². The number of aromatic nitrogens is 5. The fourth-order valence-corrected chi connectivity index (χ4v) is 3.61. The van der Waals surface area contributed by atoms with Gasteiger partial charge in [0.2, 0.25) is 5.91 Å². The van der Waals surface area contributed by atoms with E-state index in [0.717, 1.165) is 43.1 Å². The highest BCUT2D eigenvalue weighted by Crippen LogP contribution is 2.27. The smallest absolute Gasteiger partial charge is 0.224 e. The minimum absolute atomic E-state index is 0.0858. The van der Waals surface area contributed by atoms with Crippen molar-refractivity contribution < 1.29 is 4.79 Å². The Kier molecular flexibility index (Phi) is 4.69. The minimum Gasteiger partial charge on any atom is -0.343 e. The van der Waals surface area contributed by atoms with Gasteiger partial charge in [-0.2, -0.15) is 5.10 Å². The first-order valence-electron chi connectivity index (χ1n) is 8.60. The largest absolute Gasteiger partial charge is 0.343 e. The van der Waals surface area contributed by atoms with Crippen LogP contribution < -0.4 is 0 Å². The highest BCUT2D eigenvalue weighted by atomic mass is 16.2. The molecule has 1 aliphatic heterocycles. The SMILES string of the molecule is Cc1cc(C)n(C(C)CC(=O)N2CCC(c3nncn3C)CC2)n1. The predicted octanol–water partition coefficient (Wildman–Crippen LogP) is 1.99. The topological polar surface area (TPSA) is 68.8 Å². The number of likely N-dealkylation sites (tertiary alicyclic amines) is 1. The molecule has 1 atom stereocenters. The van der Waals surface area contributed by atoms with Crippen LogP contribution in [0.25, 0.3) is 0 Å². The van der Waals surface area contributed by atoms with Crippen LogP contribution in [0, 0.1) is 13.8 Å². The van der Waals surface area contributed by atoms with Crippen LogP contribution in [0.4, 0.5) is 0 Å². The van der Waals surface area contributed by atoms with Gasteiger partial charge in [-0.15, -0.1) is 10.2 Å². The van der Waals surface area contributed by atoms with Crippen molar-refractivity contribution in [2.45, 2.75) is 52.0 Å². The third-order valence-electron chi connectivity index (χ3n) is 4.89. The van der Waals surface area contributed by atoms with Gasteiger partial charge in [0.05, 0.1) is 11.7 Å². The van der Waals surface area contributed by atoms with Crippen molar-refractivity contribution in [1.82, 2.24) is 29.4 Å². The third-order valence-corrected chi connectivity index (χ3v) is 4.89. The van der Waals surface area contributed by atoms with Crippen LogP contribution >= 0.6 is 0 Å². The molecule has 0 radical (unpaired) electrons. The molecule has 0 bridgehead atoms. The number of amides is 1. The van der Waals surface area contributed by atoms with Crippen molar-refractivity contribution in [1.29, 1.82) is 0 Å². The number of nitrogens with zero attached hydrogens (tertiary/aromatic N) is 6. The van der Waals surface area contributed by atoms with Gasteiger partial charge in [0.1, 0.15) is 12.2 Å². The van der Waals surface area contributed by atoms with Gasteiger partial charge in [0, 0.05) is 38.2 Å². The van der Waals surface area contributed by atoms with E-state index in [9.17, 15) is 4.79 Å². The lowest BCUT2D eigenvalue weighted by Gasteiger charge is -2.32. The monoisotopic (exact) mass is 330 g/mol. The van der Waals surface area contributed by atoms with Crippen LogP contribution in [0.15, 0.2) is 12.4 Å². The van der Waals surface area contributed by atoms with Crippen LogP contribution in [-0.2, 0) is 11.8 Å². The Balaban J connectivity index is 1.55. The summed E-state index contributed by atoms with van der Waals surface area (Å²) in [5.74, 6) is 1.64. The summed E-state index contributed by atoms with van der Waals surface area (Å²) in [5.41, 5.74) is 2.10. The van der Waals surface area contributed by atoms with Crippen LogP contribution in [-0.4, -0.2) is 48.4 Å². The van der Waals surface area contributed by atoms with E-state index in [2.05, 4.69) is 22.2 Å².